The molecule has 0 saturated carbocycles. The summed E-state index contributed by atoms with van der Waals surface area (Å²) in [6.45, 7) is 0.575. The number of carbonyl (C=O) groups excluding carboxylic acids is 1. The molecule has 5 nitrogen and oxygen atoms in total. The second kappa shape index (κ2) is 5.97. The van der Waals surface area contributed by atoms with Gasteiger partial charge in [-0.2, -0.15) is 0 Å². The largest absolute Gasteiger partial charge is 0.460 e. The lowest BCUT2D eigenvalue weighted by Gasteiger charge is -2.05. The van der Waals surface area contributed by atoms with E-state index in [1.807, 2.05) is 22.9 Å². The highest BCUT2D eigenvalue weighted by Gasteiger charge is 2.06. The second-order valence-electron chi connectivity index (χ2n) is 3.79. The lowest BCUT2D eigenvalue weighted by Crippen LogP contribution is -2.08. The van der Waals surface area contributed by atoms with Crippen LogP contribution in [-0.4, -0.2) is 33.8 Å². The third kappa shape index (κ3) is 3.18. The van der Waals surface area contributed by atoms with Gasteiger partial charge in [0.1, 0.15) is 6.61 Å². The maximum Gasteiger partial charge on any atom is 0.338 e. The van der Waals surface area contributed by atoms with Crippen LogP contribution in [0.4, 0.5) is 0 Å². The first-order chi connectivity index (χ1) is 8.79. The first-order valence-corrected chi connectivity index (χ1v) is 5.62. The highest BCUT2D eigenvalue weighted by atomic mass is 16.5. The highest BCUT2D eigenvalue weighted by Crippen LogP contribution is 2.07. The van der Waals surface area contributed by atoms with Crippen LogP contribution in [0.25, 0.3) is 0 Å². The molecule has 0 aliphatic carbocycles. The summed E-state index contributed by atoms with van der Waals surface area (Å²) in [5, 5.41) is 8.56. The van der Waals surface area contributed by atoms with Crippen LogP contribution < -0.4 is 0 Å². The van der Waals surface area contributed by atoms with E-state index in [-0.39, 0.29) is 13.2 Å². The molecule has 5 heteroatoms. The van der Waals surface area contributed by atoms with Gasteiger partial charge < -0.3 is 14.4 Å². The lowest BCUT2D eigenvalue weighted by molar-refractivity contribution is 0.0434. The summed E-state index contributed by atoms with van der Waals surface area (Å²) in [5.74, 6) is -0.418. The van der Waals surface area contributed by atoms with Gasteiger partial charge in [0.25, 0.3) is 0 Å². The minimum atomic E-state index is -0.418. The Kier molecular flexibility index (Phi) is 4.09. The van der Waals surface area contributed by atoms with Crippen LogP contribution in [0.5, 0.6) is 0 Å². The Hall–Kier alpha value is -2.14. The number of rotatable bonds is 5. The van der Waals surface area contributed by atoms with Crippen molar-refractivity contribution in [3.05, 3.63) is 54.1 Å². The maximum atomic E-state index is 11.5. The van der Waals surface area contributed by atoms with Crippen LogP contribution >= 0.6 is 0 Å². The highest BCUT2D eigenvalue weighted by molar-refractivity contribution is 5.89. The Morgan fingerprint density at radius 1 is 1.33 bits per heavy atom. The van der Waals surface area contributed by atoms with Crippen LogP contribution in [0.15, 0.2) is 43.0 Å². The van der Waals surface area contributed by atoms with Crippen molar-refractivity contribution in [3.63, 3.8) is 0 Å². The first-order valence-electron chi connectivity index (χ1n) is 5.62. The quantitative estimate of drug-likeness (QED) is 0.802. The predicted molar refractivity (Wildman–Crippen MR) is 65.1 cm³/mol. The third-order valence-corrected chi connectivity index (χ3v) is 2.44. The molecule has 0 atom stereocenters. The van der Waals surface area contributed by atoms with Crippen LogP contribution in [0, 0.1) is 0 Å². The van der Waals surface area contributed by atoms with Crippen LogP contribution in [0.1, 0.15) is 15.9 Å². The Balaban J connectivity index is 1.99. The number of nitrogens with zero attached hydrogens (tertiary/aromatic N) is 2. The van der Waals surface area contributed by atoms with Crippen molar-refractivity contribution in [1.29, 1.82) is 0 Å². The average Bonchev–Trinajstić information content (AvgIpc) is 2.89. The Bertz CT molecular complexity index is 491. The lowest BCUT2D eigenvalue weighted by atomic mass is 10.1. The zero-order chi connectivity index (χ0) is 12.8. The molecule has 0 aliphatic rings. The van der Waals surface area contributed by atoms with Crippen molar-refractivity contribution in [2.24, 2.45) is 0 Å². The topological polar surface area (TPSA) is 64.3 Å². The summed E-state index contributed by atoms with van der Waals surface area (Å²) in [6, 6.07) is 7.17. The molecule has 1 N–H and O–H groups in total. The molecule has 94 valence electrons. The fraction of sp³-hybridized carbons (Fsp3) is 0.231. The molecule has 0 fully saturated rings. The average molecular weight is 246 g/mol. The van der Waals surface area contributed by atoms with E-state index in [2.05, 4.69) is 4.98 Å². The minimum Gasteiger partial charge on any atom is -0.460 e. The number of hydrogen-bond acceptors (Lipinski definition) is 4. The van der Waals surface area contributed by atoms with E-state index in [1.165, 1.54) is 0 Å². The van der Waals surface area contributed by atoms with Gasteiger partial charge in [0.2, 0.25) is 0 Å². The normalized spacial score (nSPS) is 10.3. The van der Waals surface area contributed by atoms with Gasteiger partial charge in [-0.15, -0.1) is 0 Å². The van der Waals surface area contributed by atoms with E-state index in [0.29, 0.717) is 12.1 Å². The van der Waals surface area contributed by atoms with Crippen molar-refractivity contribution in [2.75, 3.05) is 13.2 Å². The molecule has 18 heavy (non-hydrogen) atoms. The van der Waals surface area contributed by atoms with Gasteiger partial charge in [-0.3, -0.25) is 0 Å². The standard InChI is InChI=1S/C13H14N2O3/c16-7-8-18-13(17)12-3-1-11(2-4-12)9-15-6-5-14-10-15/h1-6,10,16H,7-9H2. The summed E-state index contributed by atoms with van der Waals surface area (Å²) >= 11 is 0. The van der Waals surface area contributed by atoms with E-state index in [0.717, 1.165) is 5.56 Å². The number of ether oxygens (including phenoxy) is 1. The maximum absolute atomic E-state index is 11.5. The van der Waals surface area contributed by atoms with Gasteiger partial charge in [-0.25, -0.2) is 9.78 Å². The second-order valence-corrected chi connectivity index (χ2v) is 3.79. The number of hydrogen-bond donors (Lipinski definition) is 1. The van der Waals surface area contributed by atoms with E-state index in [1.54, 1.807) is 24.7 Å². The summed E-state index contributed by atoms with van der Waals surface area (Å²) in [6.07, 6.45) is 5.34. The molecule has 0 bridgehead atoms. The van der Waals surface area contributed by atoms with Crippen molar-refractivity contribution in [1.82, 2.24) is 9.55 Å². The molecule has 0 aliphatic heterocycles. The Morgan fingerprint density at radius 2 is 2.11 bits per heavy atom. The SMILES string of the molecule is O=C(OCCO)c1ccc(Cn2ccnc2)cc1. The third-order valence-electron chi connectivity index (χ3n) is 2.44. The van der Waals surface area contributed by atoms with Crippen LogP contribution in [0.3, 0.4) is 0 Å². The first kappa shape index (κ1) is 12.3. The van der Waals surface area contributed by atoms with Crippen molar-refractivity contribution >= 4 is 5.97 Å². The number of aliphatic hydroxyl groups is 1. The summed E-state index contributed by atoms with van der Waals surface area (Å²) in [4.78, 5) is 15.4. The smallest absolute Gasteiger partial charge is 0.338 e. The van der Waals surface area contributed by atoms with Crippen molar-refractivity contribution in [2.45, 2.75) is 6.54 Å². The zero-order valence-electron chi connectivity index (χ0n) is 9.82. The van der Waals surface area contributed by atoms with Crippen LogP contribution in [-0.2, 0) is 11.3 Å². The molecule has 0 spiro atoms. The number of esters is 1. The molecule has 0 radical (unpaired) electrons. The monoisotopic (exact) mass is 246 g/mol. The minimum absolute atomic E-state index is 0.0234. The van der Waals surface area contributed by atoms with Crippen molar-refractivity contribution in [3.8, 4) is 0 Å². The van der Waals surface area contributed by atoms with Gasteiger partial charge in [0.05, 0.1) is 18.5 Å². The Labute approximate surface area is 105 Å². The van der Waals surface area contributed by atoms with Gasteiger partial charge in [0, 0.05) is 18.9 Å². The molecular weight excluding hydrogens is 232 g/mol. The number of aliphatic hydroxyl groups excluding tert-OH is 1. The number of imidazole rings is 1. The zero-order valence-corrected chi connectivity index (χ0v) is 9.82. The summed E-state index contributed by atoms with van der Waals surface area (Å²) in [7, 11) is 0. The molecule has 2 rings (SSSR count). The van der Waals surface area contributed by atoms with E-state index in [9.17, 15) is 4.79 Å². The van der Waals surface area contributed by atoms with Gasteiger partial charge >= 0.3 is 5.97 Å². The van der Waals surface area contributed by atoms with Crippen LogP contribution in [0.2, 0.25) is 0 Å². The molecule has 0 amide bonds. The summed E-state index contributed by atoms with van der Waals surface area (Å²) in [5.41, 5.74) is 1.56. The molecule has 0 unspecified atom stereocenters. The van der Waals surface area contributed by atoms with Crippen molar-refractivity contribution < 1.29 is 14.6 Å². The molecule has 1 aromatic carbocycles. The van der Waals surface area contributed by atoms with E-state index >= 15 is 0 Å². The number of carbonyl (C=O) groups is 1. The molecule has 0 saturated heterocycles. The fourth-order valence-corrected chi connectivity index (χ4v) is 1.56. The number of benzene rings is 1. The Morgan fingerprint density at radius 3 is 2.72 bits per heavy atom. The van der Waals surface area contributed by atoms with Gasteiger partial charge in [-0.1, -0.05) is 12.1 Å². The predicted octanol–water partition coefficient (Wildman–Crippen LogP) is 1.08. The molecule has 1 aromatic heterocycles. The number of aromatic nitrogens is 2. The van der Waals surface area contributed by atoms with Gasteiger partial charge in [-0.05, 0) is 17.7 Å². The van der Waals surface area contributed by atoms with Gasteiger partial charge in [0.15, 0.2) is 0 Å². The molecule has 2 aromatic rings. The molecular formula is C13H14N2O3. The fourth-order valence-electron chi connectivity index (χ4n) is 1.56. The van der Waals surface area contributed by atoms with E-state index in [4.69, 9.17) is 9.84 Å². The summed E-state index contributed by atoms with van der Waals surface area (Å²) < 4.78 is 6.76. The molecule has 1 heterocycles. The van der Waals surface area contributed by atoms with E-state index < -0.39 is 5.97 Å².